The van der Waals surface area contributed by atoms with Gasteiger partial charge in [-0.3, -0.25) is 4.79 Å². The molecule has 0 saturated carbocycles. The van der Waals surface area contributed by atoms with Gasteiger partial charge in [0.25, 0.3) is 0 Å². The van der Waals surface area contributed by atoms with Crippen molar-refractivity contribution in [3.05, 3.63) is 27.8 Å². The normalized spacial score (nSPS) is 9.92. The molecular weight excluding hydrogens is 174 g/mol. The van der Waals surface area contributed by atoms with Crippen LogP contribution in [0.1, 0.15) is 21.5 Å². The van der Waals surface area contributed by atoms with Gasteiger partial charge in [0.05, 0.1) is 5.02 Å². The molecule has 1 rings (SSSR count). The summed E-state index contributed by atoms with van der Waals surface area (Å²) in [5.41, 5.74) is 8.53. The molecule has 0 aromatic heterocycles. The van der Waals surface area contributed by atoms with Gasteiger partial charge in [0.1, 0.15) is 0 Å². The van der Waals surface area contributed by atoms with Gasteiger partial charge < -0.3 is 5.73 Å². The fourth-order valence-electron chi connectivity index (χ4n) is 1.09. The van der Waals surface area contributed by atoms with Gasteiger partial charge in [0, 0.05) is 11.3 Å². The van der Waals surface area contributed by atoms with Crippen LogP contribution >= 0.6 is 11.6 Å². The molecule has 12 heavy (non-hydrogen) atoms. The van der Waals surface area contributed by atoms with Gasteiger partial charge in [-0.2, -0.15) is 0 Å². The van der Waals surface area contributed by atoms with E-state index in [9.17, 15) is 4.79 Å². The Kier molecular flexibility index (Phi) is 2.38. The molecule has 0 unspecified atom stereocenters. The van der Waals surface area contributed by atoms with Crippen molar-refractivity contribution in [3.8, 4) is 0 Å². The van der Waals surface area contributed by atoms with E-state index in [1.54, 1.807) is 13.0 Å². The zero-order valence-corrected chi connectivity index (χ0v) is 7.77. The fraction of sp³-hybridized carbons (Fsp3) is 0.222. The first-order valence-electron chi connectivity index (χ1n) is 3.58. The maximum Gasteiger partial charge on any atom is 0.151 e. The summed E-state index contributed by atoms with van der Waals surface area (Å²) in [4.78, 5) is 10.5. The van der Waals surface area contributed by atoms with E-state index < -0.39 is 0 Å². The molecule has 0 aliphatic carbocycles. The van der Waals surface area contributed by atoms with Crippen molar-refractivity contribution >= 4 is 23.6 Å². The van der Waals surface area contributed by atoms with Gasteiger partial charge in [-0.05, 0) is 31.0 Å². The summed E-state index contributed by atoms with van der Waals surface area (Å²) >= 11 is 5.86. The number of aldehydes is 1. The molecule has 1 aromatic rings. The van der Waals surface area contributed by atoms with E-state index in [1.807, 2.05) is 6.92 Å². The third-order valence-corrected chi connectivity index (χ3v) is 2.41. The highest BCUT2D eigenvalue weighted by molar-refractivity contribution is 6.34. The van der Waals surface area contributed by atoms with E-state index in [1.165, 1.54) is 0 Å². The predicted molar refractivity (Wildman–Crippen MR) is 50.7 cm³/mol. The summed E-state index contributed by atoms with van der Waals surface area (Å²) in [6, 6.07) is 1.69. The zero-order chi connectivity index (χ0) is 9.30. The topological polar surface area (TPSA) is 43.1 Å². The number of benzene rings is 1. The van der Waals surface area contributed by atoms with Crippen LogP contribution in [0, 0.1) is 13.8 Å². The number of hydrogen-bond acceptors (Lipinski definition) is 2. The van der Waals surface area contributed by atoms with Crippen LogP contribution in [0.3, 0.4) is 0 Å². The Hall–Kier alpha value is -1.02. The van der Waals surface area contributed by atoms with Crippen molar-refractivity contribution in [1.82, 2.24) is 0 Å². The van der Waals surface area contributed by atoms with Gasteiger partial charge >= 0.3 is 0 Å². The third kappa shape index (κ3) is 1.30. The fourth-order valence-corrected chi connectivity index (χ4v) is 1.29. The highest BCUT2D eigenvalue weighted by Gasteiger charge is 2.07. The van der Waals surface area contributed by atoms with Gasteiger partial charge in [-0.15, -0.1) is 0 Å². The summed E-state index contributed by atoms with van der Waals surface area (Å²) in [5.74, 6) is 0. The van der Waals surface area contributed by atoms with Crippen molar-refractivity contribution in [2.45, 2.75) is 13.8 Å². The van der Waals surface area contributed by atoms with Gasteiger partial charge in [-0.25, -0.2) is 0 Å². The number of halogens is 1. The zero-order valence-electron chi connectivity index (χ0n) is 7.02. The highest BCUT2D eigenvalue weighted by atomic mass is 35.5. The molecule has 0 spiro atoms. The first kappa shape index (κ1) is 9.07. The molecule has 0 bridgehead atoms. The number of hydrogen-bond donors (Lipinski definition) is 1. The average molecular weight is 184 g/mol. The number of rotatable bonds is 1. The van der Waals surface area contributed by atoms with E-state index in [4.69, 9.17) is 17.3 Å². The lowest BCUT2D eigenvalue weighted by Gasteiger charge is -2.07. The summed E-state index contributed by atoms with van der Waals surface area (Å²) in [5, 5.41) is 0.452. The minimum absolute atomic E-state index is 0.452. The average Bonchev–Trinajstić information content (AvgIpc) is 2.08. The molecule has 2 N–H and O–H groups in total. The monoisotopic (exact) mass is 183 g/mol. The second-order valence-corrected chi connectivity index (χ2v) is 3.13. The lowest BCUT2D eigenvalue weighted by Crippen LogP contribution is -1.97. The molecule has 2 nitrogen and oxygen atoms in total. The van der Waals surface area contributed by atoms with Crippen LogP contribution in [-0.2, 0) is 0 Å². The first-order chi connectivity index (χ1) is 5.57. The molecule has 0 radical (unpaired) electrons. The van der Waals surface area contributed by atoms with Crippen molar-refractivity contribution in [3.63, 3.8) is 0 Å². The second kappa shape index (κ2) is 3.15. The molecule has 0 aliphatic heterocycles. The van der Waals surface area contributed by atoms with Gasteiger partial charge in [0.15, 0.2) is 6.29 Å². The predicted octanol–water partition coefficient (Wildman–Crippen LogP) is 2.35. The second-order valence-electron chi connectivity index (χ2n) is 2.75. The Bertz CT molecular complexity index is 334. The number of carbonyl (C=O) groups is 1. The standard InChI is InChI=1S/C9H10ClNO/c1-5-3-7(4-12)8(10)6(2)9(5)11/h3-4H,11H2,1-2H3. The number of nitrogen functional groups attached to an aromatic ring is 1. The molecule has 0 fully saturated rings. The van der Waals surface area contributed by atoms with Crippen molar-refractivity contribution in [2.24, 2.45) is 0 Å². The summed E-state index contributed by atoms with van der Waals surface area (Å²) in [6.45, 7) is 3.66. The van der Waals surface area contributed by atoms with Gasteiger partial charge in [0.2, 0.25) is 0 Å². The Labute approximate surface area is 76.3 Å². The number of aryl methyl sites for hydroxylation is 1. The Morgan fingerprint density at radius 2 is 2.08 bits per heavy atom. The van der Waals surface area contributed by atoms with Crippen LogP contribution in [0.25, 0.3) is 0 Å². The smallest absolute Gasteiger partial charge is 0.151 e. The van der Waals surface area contributed by atoms with E-state index >= 15 is 0 Å². The van der Waals surface area contributed by atoms with Crippen LogP contribution in [0.5, 0.6) is 0 Å². The maximum absolute atomic E-state index is 10.5. The minimum Gasteiger partial charge on any atom is -0.398 e. The molecule has 0 aliphatic rings. The Balaban J connectivity index is 3.49. The SMILES string of the molecule is Cc1cc(C=O)c(Cl)c(C)c1N. The molecule has 3 heteroatoms. The Morgan fingerprint density at radius 3 is 2.58 bits per heavy atom. The van der Waals surface area contributed by atoms with E-state index in [0.717, 1.165) is 17.4 Å². The van der Waals surface area contributed by atoms with Crippen molar-refractivity contribution in [1.29, 1.82) is 0 Å². The van der Waals surface area contributed by atoms with Crippen LogP contribution in [0.2, 0.25) is 5.02 Å². The lowest BCUT2D eigenvalue weighted by molar-refractivity contribution is 0.112. The molecule has 64 valence electrons. The number of anilines is 1. The molecule has 0 heterocycles. The largest absolute Gasteiger partial charge is 0.398 e. The summed E-state index contributed by atoms with van der Waals surface area (Å²) < 4.78 is 0. The minimum atomic E-state index is 0.452. The van der Waals surface area contributed by atoms with Gasteiger partial charge in [-0.1, -0.05) is 11.6 Å². The maximum atomic E-state index is 10.5. The molecule has 0 atom stereocenters. The lowest BCUT2D eigenvalue weighted by atomic mass is 10.1. The number of nitrogens with two attached hydrogens (primary N) is 1. The van der Waals surface area contributed by atoms with Crippen LogP contribution in [0.4, 0.5) is 5.69 Å². The Morgan fingerprint density at radius 1 is 1.50 bits per heavy atom. The van der Waals surface area contributed by atoms with Crippen LogP contribution in [0.15, 0.2) is 6.07 Å². The molecule has 0 amide bonds. The third-order valence-electron chi connectivity index (χ3n) is 1.91. The summed E-state index contributed by atoms with van der Waals surface area (Å²) in [6.07, 6.45) is 0.738. The number of carbonyl (C=O) groups excluding carboxylic acids is 1. The summed E-state index contributed by atoms with van der Waals surface area (Å²) in [7, 11) is 0. The van der Waals surface area contributed by atoms with Crippen LogP contribution < -0.4 is 5.73 Å². The first-order valence-corrected chi connectivity index (χ1v) is 3.96. The molecule has 1 aromatic carbocycles. The van der Waals surface area contributed by atoms with E-state index in [2.05, 4.69) is 0 Å². The molecule has 0 saturated heterocycles. The highest BCUT2D eigenvalue weighted by Crippen LogP contribution is 2.27. The van der Waals surface area contributed by atoms with E-state index in [-0.39, 0.29) is 0 Å². The van der Waals surface area contributed by atoms with Crippen molar-refractivity contribution < 1.29 is 4.79 Å². The van der Waals surface area contributed by atoms with E-state index in [0.29, 0.717) is 16.3 Å². The quantitative estimate of drug-likeness (QED) is 0.537. The van der Waals surface area contributed by atoms with Crippen LogP contribution in [-0.4, -0.2) is 6.29 Å². The van der Waals surface area contributed by atoms with Crippen molar-refractivity contribution in [2.75, 3.05) is 5.73 Å². The molecular formula is C9H10ClNO.